The Bertz CT molecular complexity index is 444. The maximum Gasteiger partial charge on any atom is 0.0940 e. The maximum atomic E-state index is 9.44. The first-order valence-electron chi connectivity index (χ1n) is 7.09. The fraction of sp³-hybridized carbons (Fsp3) is 0.786. The van der Waals surface area contributed by atoms with Crippen molar-refractivity contribution in [2.24, 2.45) is 12.8 Å². The van der Waals surface area contributed by atoms with E-state index in [4.69, 9.17) is 10.5 Å². The van der Waals surface area contributed by atoms with Gasteiger partial charge in [0.05, 0.1) is 30.6 Å². The Kier molecular flexibility index (Phi) is 4.49. The highest BCUT2D eigenvalue weighted by molar-refractivity contribution is 5.14. The Balaban J connectivity index is 2.24. The molecule has 0 radical (unpaired) electrons. The quantitative estimate of drug-likeness (QED) is 0.829. The summed E-state index contributed by atoms with van der Waals surface area (Å²) in [7, 11) is 1.90. The third-order valence-electron chi connectivity index (χ3n) is 3.67. The van der Waals surface area contributed by atoms with Crippen molar-refractivity contribution in [3.8, 4) is 0 Å². The van der Waals surface area contributed by atoms with Crippen LogP contribution in [0.4, 0.5) is 0 Å². The lowest BCUT2D eigenvalue weighted by Crippen LogP contribution is -2.56. The standard InChI is InChI=1S/C14H26N4O2/c1-10(15)13(11-5-16-17(4)6-11)18-7-12(8-19)20-14(2,3)9-18/h5-6,10,12-13,19H,7-9,15H2,1-4H3. The lowest BCUT2D eigenvalue weighted by Gasteiger charge is -2.46. The molecule has 0 aromatic carbocycles. The van der Waals surface area contributed by atoms with Crippen LogP contribution in [0.3, 0.4) is 0 Å². The molecule has 6 heteroatoms. The van der Waals surface area contributed by atoms with Gasteiger partial charge in [-0.1, -0.05) is 0 Å². The first kappa shape index (κ1) is 15.4. The number of aliphatic hydroxyl groups excluding tert-OH is 1. The molecule has 1 fully saturated rings. The third-order valence-corrected chi connectivity index (χ3v) is 3.67. The van der Waals surface area contributed by atoms with Crippen LogP contribution in [0.25, 0.3) is 0 Å². The van der Waals surface area contributed by atoms with Gasteiger partial charge in [-0.15, -0.1) is 0 Å². The number of nitrogens with zero attached hydrogens (tertiary/aromatic N) is 3. The smallest absolute Gasteiger partial charge is 0.0940 e. The van der Waals surface area contributed by atoms with E-state index in [1.807, 2.05) is 40.2 Å². The molecule has 0 aliphatic carbocycles. The molecule has 2 rings (SSSR count). The molecule has 6 nitrogen and oxygen atoms in total. The lowest BCUT2D eigenvalue weighted by atomic mass is 9.97. The average Bonchev–Trinajstić information content (AvgIpc) is 2.73. The lowest BCUT2D eigenvalue weighted by molar-refractivity contribution is -0.158. The van der Waals surface area contributed by atoms with Gasteiger partial charge in [-0.25, -0.2) is 0 Å². The molecular weight excluding hydrogens is 256 g/mol. The second-order valence-corrected chi connectivity index (χ2v) is 6.36. The first-order chi connectivity index (χ1) is 9.32. The zero-order chi connectivity index (χ0) is 14.9. The van der Waals surface area contributed by atoms with Gasteiger partial charge >= 0.3 is 0 Å². The normalized spacial score (nSPS) is 26.4. The highest BCUT2D eigenvalue weighted by Gasteiger charge is 2.38. The minimum absolute atomic E-state index is 0.0209. The number of aryl methyl sites for hydroxylation is 1. The van der Waals surface area contributed by atoms with E-state index >= 15 is 0 Å². The van der Waals surface area contributed by atoms with Gasteiger partial charge < -0.3 is 15.6 Å². The van der Waals surface area contributed by atoms with Gasteiger partial charge in [0.1, 0.15) is 0 Å². The minimum atomic E-state index is -0.291. The molecule has 3 atom stereocenters. The minimum Gasteiger partial charge on any atom is -0.394 e. The van der Waals surface area contributed by atoms with E-state index in [1.54, 1.807) is 4.68 Å². The number of morpholine rings is 1. The summed E-state index contributed by atoms with van der Waals surface area (Å²) in [5.41, 5.74) is 7.02. The van der Waals surface area contributed by atoms with Gasteiger partial charge in [-0.2, -0.15) is 5.10 Å². The Morgan fingerprint density at radius 2 is 2.30 bits per heavy atom. The Morgan fingerprint density at radius 1 is 1.60 bits per heavy atom. The fourth-order valence-corrected chi connectivity index (χ4v) is 3.09. The summed E-state index contributed by atoms with van der Waals surface area (Å²) >= 11 is 0. The summed E-state index contributed by atoms with van der Waals surface area (Å²) < 4.78 is 7.66. The van der Waals surface area contributed by atoms with Crippen LogP contribution in [0.5, 0.6) is 0 Å². The van der Waals surface area contributed by atoms with Crippen molar-refractivity contribution in [3.63, 3.8) is 0 Å². The van der Waals surface area contributed by atoms with Gasteiger partial charge in [0.15, 0.2) is 0 Å². The second kappa shape index (κ2) is 5.81. The fourth-order valence-electron chi connectivity index (χ4n) is 3.09. The molecular formula is C14H26N4O2. The van der Waals surface area contributed by atoms with Gasteiger partial charge in [0.2, 0.25) is 0 Å². The van der Waals surface area contributed by atoms with E-state index in [0.717, 1.165) is 12.1 Å². The van der Waals surface area contributed by atoms with E-state index in [0.29, 0.717) is 6.54 Å². The summed E-state index contributed by atoms with van der Waals surface area (Å²) in [6.07, 6.45) is 3.70. The predicted octanol–water partition coefficient (Wildman–Crippen LogP) is 0.280. The molecule has 3 N–H and O–H groups in total. The molecule has 1 aromatic heterocycles. The van der Waals surface area contributed by atoms with Crippen molar-refractivity contribution in [1.29, 1.82) is 0 Å². The average molecular weight is 282 g/mol. The molecule has 0 amide bonds. The summed E-state index contributed by atoms with van der Waals surface area (Å²) in [6, 6.07) is 0.0633. The molecule has 20 heavy (non-hydrogen) atoms. The van der Waals surface area contributed by atoms with Crippen LogP contribution in [0, 0.1) is 0 Å². The predicted molar refractivity (Wildman–Crippen MR) is 77.2 cm³/mol. The molecule has 0 bridgehead atoms. The molecule has 1 aliphatic rings. The Labute approximate surface area is 120 Å². The summed E-state index contributed by atoms with van der Waals surface area (Å²) in [4.78, 5) is 2.30. The van der Waals surface area contributed by atoms with Crippen molar-refractivity contribution in [3.05, 3.63) is 18.0 Å². The summed E-state index contributed by atoms with van der Waals surface area (Å²) in [6.45, 7) is 7.59. The highest BCUT2D eigenvalue weighted by atomic mass is 16.5. The number of rotatable bonds is 4. The molecule has 3 unspecified atom stereocenters. The number of hydrogen-bond acceptors (Lipinski definition) is 5. The molecule has 2 heterocycles. The Morgan fingerprint density at radius 3 is 2.80 bits per heavy atom. The van der Waals surface area contributed by atoms with Crippen molar-refractivity contribution in [1.82, 2.24) is 14.7 Å². The van der Waals surface area contributed by atoms with E-state index in [1.165, 1.54) is 0 Å². The Hall–Kier alpha value is -0.950. The zero-order valence-electron chi connectivity index (χ0n) is 12.8. The third kappa shape index (κ3) is 3.38. The van der Waals surface area contributed by atoms with Gasteiger partial charge in [0, 0.05) is 37.9 Å². The summed E-state index contributed by atoms with van der Waals surface area (Å²) in [5, 5.41) is 13.7. The number of ether oxygens (including phenoxy) is 1. The van der Waals surface area contributed by atoms with Crippen LogP contribution in [-0.2, 0) is 11.8 Å². The van der Waals surface area contributed by atoms with E-state index in [9.17, 15) is 5.11 Å². The van der Waals surface area contributed by atoms with Crippen molar-refractivity contribution in [2.75, 3.05) is 19.7 Å². The van der Waals surface area contributed by atoms with Crippen LogP contribution in [0.15, 0.2) is 12.4 Å². The number of aliphatic hydroxyl groups is 1. The van der Waals surface area contributed by atoms with Gasteiger partial charge in [-0.05, 0) is 20.8 Å². The topological polar surface area (TPSA) is 76.5 Å². The van der Waals surface area contributed by atoms with Crippen LogP contribution in [0.2, 0.25) is 0 Å². The first-order valence-corrected chi connectivity index (χ1v) is 7.09. The summed E-state index contributed by atoms with van der Waals surface area (Å²) in [5.74, 6) is 0. The van der Waals surface area contributed by atoms with E-state index in [2.05, 4.69) is 10.00 Å². The maximum absolute atomic E-state index is 9.44. The van der Waals surface area contributed by atoms with Crippen LogP contribution < -0.4 is 5.73 Å². The van der Waals surface area contributed by atoms with Gasteiger partial charge in [-0.3, -0.25) is 9.58 Å². The van der Waals surface area contributed by atoms with E-state index in [-0.39, 0.29) is 30.4 Å². The zero-order valence-corrected chi connectivity index (χ0v) is 12.8. The molecule has 0 saturated carbocycles. The highest BCUT2D eigenvalue weighted by Crippen LogP contribution is 2.30. The van der Waals surface area contributed by atoms with Crippen LogP contribution in [0.1, 0.15) is 32.4 Å². The number of nitrogens with two attached hydrogens (primary N) is 1. The molecule has 0 spiro atoms. The van der Waals surface area contributed by atoms with Gasteiger partial charge in [0.25, 0.3) is 0 Å². The molecule has 1 aromatic rings. The largest absolute Gasteiger partial charge is 0.394 e. The van der Waals surface area contributed by atoms with Crippen molar-refractivity contribution < 1.29 is 9.84 Å². The van der Waals surface area contributed by atoms with Crippen LogP contribution >= 0.6 is 0 Å². The monoisotopic (exact) mass is 282 g/mol. The number of aromatic nitrogens is 2. The van der Waals surface area contributed by atoms with Crippen molar-refractivity contribution >= 4 is 0 Å². The van der Waals surface area contributed by atoms with Crippen LogP contribution in [-0.4, -0.2) is 57.2 Å². The molecule has 114 valence electrons. The van der Waals surface area contributed by atoms with E-state index < -0.39 is 0 Å². The second-order valence-electron chi connectivity index (χ2n) is 6.36. The SMILES string of the molecule is CC(N)C(c1cnn(C)c1)N1CC(CO)OC(C)(C)C1. The number of hydrogen-bond donors (Lipinski definition) is 2. The molecule has 1 saturated heterocycles. The van der Waals surface area contributed by atoms with Crippen molar-refractivity contribution in [2.45, 2.75) is 44.6 Å². The molecule has 1 aliphatic heterocycles.